The lowest BCUT2D eigenvalue weighted by Gasteiger charge is -2.24. The van der Waals surface area contributed by atoms with E-state index in [1.54, 1.807) is 26.0 Å². The molecule has 0 bridgehead atoms. The second kappa shape index (κ2) is 13.6. The highest BCUT2D eigenvalue weighted by Crippen LogP contribution is 2.33. The van der Waals surface area contributed by atoms with E-state index in [4.69, 9.17) is 19.2 Å². The molecule has 0 fully saturated rings. The average molecular weight is 622 g/mol. The van der Waals surface area contributed by atoms with Crippen molar-refractivity contribution in [2.75, 3.05) is 31.5 Å². The number of alkyl halides is 3. The van der Waals surface area contributed by atoms with Crippen molar-refractivity contribution < 1.29 is 31.8 Å². The van der Waals surface area contributed by atoms with E-state index in [1.165, 1.54) is 0 Å². The third-order valence-electron chi connectivity index (χ3n) is 6.97. The summed E-state index contributed by atoms with van der Waals surface area (Å²) in [5.74, 6) is 1.52. The van der Waals surface area contributed by atoms with Crippen LogP contribution in [0.15, 0.2) is 91.0 Å². The second-order valence-corrected chi connectivity index (χ2v) is 10.1. The topological polar surface area (TPSA) is 73.7 Å². The lowest BCUT2D eigenvalue weighted by atomic mass is 10.1. The van der Waals surface area contributed by atoms with Crippen LogP contribution in [-0.4, -0.2) is 36.1 Å². The molecule has 1 N–H and O–H groups in total. The molecule has 0 aliphatic rings. The molecule has 8 nitrogen and oxygen atoms in total. The van der Waals surface area contributed by atoms with Crippen LogP contribution in [0.4, 0.5) is 35.1 Å². The molecule has 12 heteroatoms. The van der Waals surface area contributed by atoms with Crippen molar-refractivity contribution in [2.45, 2.75) is 25.8 Å². The van der Waals surface area contributed by atoms with Gasteiger partial charge in [0, 0.05) is 18.8 Å². The highest BCUT2D eigenvalue weighted by atomic mass is 19.4. The van der Waals surface area contributed by atoms with Gasteiger partial charge < -0.3 is 24.4 Å². The van der Waals surface area contributed by atoms with E-state index >= 15 is 0 Å². The molecule has 0 radical (unpaired) electrons. The zero-order valence-corrected chi connectivity index (χ0v) is 24.8. The first-order valence-corrected chi connectivity index (χ1v) is 13.9. The number of aromatic nitrogens is 3. The minimum absolute atomic E-state index is 0.00620. The van der Waals surface area contributed by atoms with Gasteiger partial charge in [-0.25, -0.2) is 9.07 Å². The lowest BCUT2D eigenvalue weighted by molar-refractivity contribution is -0.137. The van der Waals surface area contributed by atoms with Crippen LogP contribution in [0.5, 0.6) is 17.2 Å². The molecule has 0 amide bonds. The molecule has 0 aliphatic carbocycles. The Hall–Kier alpha value is -5.26. The standard InChI is InChI=1S/C33H31F4N5O3/c1-43-28-10-4-22(5-11-28)19-41(20-23-6-12-29(44-2)13-7-23)32-39-31(38-27-17-25(33(35,36)37)16-26(34)18-27)40-42(32)21-24-8-14-30(45-3)15-9-24/h4-18H,19-21H2,1-3H3,(H,38,40). The summed E-state index contributed by atoms with van der Waals surface area (Å²) in [5, 5.41) is 7.37. The molecule has 5 rings (SSSR count). The predicted molar refractivity (Wildman–Crippen MR) is 163 cm³/mol. The average Bonchev–Trinajstić information content (AvgIpc) is 3.42. The van der Waals surface area contributed by atoms with Gasteiger partial charge in [0.25, 0.3) is 0 Å². The van der Waals surface area contributed by atoms with Crippen molar-refractivity contribution in [1.82, 2.24) is 14.8 Å². The van der Waals surface area contributed by atoms with Gasteiger partial charge in [-0.1, -0.05) is 36.4 Å². The van der Waals surface area contributed by atoms with Crippen molar-refractivity contribution >= 4 is 17.6 Å². The summed E-state index contributed by atoms with van der Waals surface area (Å²) < 4.78 is 72.0. The first-order chi connectivity index (χ1) is 21.6. The van der Waals surface area contributed by atoms with Gasteiger partial charge in [-0.15, -0.1) is 5.10 Å². The third kappa shape index (κ3) is 8.02. The lowest BCUT2D eigenvalue weighted by Crippen LogP contribution is -2.26. The molecule has 0 spiro atoms. The van der Waals surface area contributed by atoms with Crippen molar-refractivity contribution in [3.63, 3.8) is 0 Å². The van der Waals surface area contributed by atoms with Crippen LogP contribution >= 0.6 is 0 Å². The fourth-order valence-corrected chi connectivity index (χ4v) is 4.69. The molecule has 45 heavy (non-hydrogen) atoms. The Bertz CT molecular complexity index is 1660. The minimum Gasteiger partial charge on any atom is -0.497 e. The molecular weight excluding hydrogens is 590 g/mol. The number of anilines is 3. The van der Waals surface area contributed by atoms with E-state index in [2.05, 4.69) is 10.4 Å². The number of nitrogens with zero attached hydrogens (tertiary/aromatic N) is 4. The van der Waals surface area contributed by atoms with Gasteiger partial charge in [-0.3, -0.25) is 0 Å². The largest absolute Gasteiger partial charge is 0.497 e. The Morgan fingerprint density at radius 2 is 1.20 bits per heavy atom. The summed E-state index contributed by atoms with van der Waals surface area (Å²) >= 11 is 0. The molecule has 0 saturated heterocycles. The molecule has 0 atom stereocenters. The molecule has 0 aliphatic heterocycles. The number of ether oxygens (including phenoxy) is 3. The maximum absolute atomic E-state index is 14.2. The van der Waals surface area contributed by atoms with Crippen LogP contribution in [0.25, 0.3) is 0 Å². The van der Waals surface area contributed by atoms with Gasteiger partial charge in [0.2, 0.25) is 11.9 Å². The Morgan fingerprint density at radius 3 is 1.67 bits per heavy atom. The SMILES string of the molecule is COc1ccc(CN(Cc2ccc(OC)cc2)c2nc(Nc3cc(F)cc(C(F)(F)F)c3)nn2Cc2ccc(OC)cc2)cc1. The van der Waals surface area contributed by atoms with Crippen LogP contribution in [0.3, 0.4) is 0 Å². The number of benzene rings is 4. The fourth-order valence-electron chi connectivity index (χ4n) is 4.69. The summed E-state index contributed by atoms with van der Waals surface area (Å²) in [6, 6.07) is 24.8. The van der Waals surface area contributed by atoms with Crippen molar-refractivity contribution in [1.29, 1.82) is 0 Å². The normalized spacial score (nSPS) is 11.3. The highest BCUT2D eigenvalue weighted by molar-refractivity contribution is 5.56. The molecule has 5 aromatic rings. The van der Waals surface area contributed by atoms with Gasteiger partial charge in [0.15, 0.2) is 0 Å². The van der Waals surface area contributed by atoms with Gasteiger partial charge in [-0.2, -0.15) is 18.2 Å². The minimum atomic E-state index is -4.72. The molecular formula is C33H31F4N5O3. The third-order valence-corrected chi connectivity index (χ3v) is 6.97. The summed E-state index contributed by atoms with van der Waals surface area (Å²) in [4.78, 5) is 6.70. The summed E-state index contributed by atoms with van der Waals surface area (Å²) in [7, 11) is 4.77. The predicted octanol–water partition coefficient (Wildman–Crippen LogP) is 7.46. The maximum atomic E-state index is 14.2. The summed E-state index contributed by atoms with van der Waals surface area (Å²) in [6.45, 7) is 1.11. The van der Waals surface area contributed by atoms with E-state index in [-0.39, 0.29) is 18.2 Å². The van der Waals surface area contributed by atoms with Crippen LogP contribution in [-0.2, 0) is 25.8 Å². The Morgan fingerprint density at radius 1 is 0.711 bits per heavy atom. The van der Waals surface area contributed by atoms with Gasteiger partial charge >= 0.3 is 6.18 Å². The number of nitrogens with one attached hydrogen (secondary N) is 1. The summed E-state index contributed by atoms with van der Waals surface area (Å²) in [6.07, 6.45) is -4.72. The van der Waals surface area contributed by atoms with Gasteiger partial charge in [-0.05, 0) is 71.3 Å². The Balaban J connectivity index is 1.55. The number of methoxy groups -OCH3 is 3. The van der Waals surface area contributed by atoms with E-state index in [0.717, 1.165) is 28.8 Å². The molecule has 0 saturated carbocycles. The zero-order valence-electron chi connectivity index (χ0n) is 24.8. The number of hydrogen-bond donors (Lipinski definition) is 1. The maximum Gasteiger partial charge on any atom is 0.416 e. The fraction of sp³-hybridized carbons (Fsp3) is 0.212. The molecule has 4 aromatic carbocycles. The van der Waals surface area contributed by atoms with Gasteiger partial charge in [0.05, 0.1) is 33.4 Å². The van der Waals surface area contributed by atoms with Crippen molar-refractivity contribution in [3.8, 4) is 17.2 Å². The van der Waals surface area contributed by atoms with Crippen LogP contribution in [0.1, 0.15) is 22.3 Å². The van der Waals surface area contributed by atoms with E-state index < -0.39 is 17.6 Å². The first-order valence-electron chi connectivity index (χ1n) is 13.9. The Labute approximate surface area is 257 Å². The first kappa shape index (κ1) is 31.2. The molecule has 0 unspecified atom stereocenters. The number of rotatable bonds is 12. The van der Waals surface area contributed by atoms with Crippen LogP contribution in [0, 0.1) is 5.82 Å². The number of hydrogen-bond acceptors (Lipinski definition) is 7. The Kier molecular flexibility index (Phi) is 9.41. The monoisotopic (exact) mass is 621 g/mol. The van der Waals surface area contributed by atoms with E-state index in [1.807, 2.05) is 77.7 Å². The molecule has 234 valence electrons. The molecule has 1 aromatic heterocycles. The van der Waals surface area contributed by atoms with E-state index in [0.29, 0.717) is 42.4 Å². The van der Waals surface area contributed by atoms with E-state index in [9.17, 15) is 17.6 Å². The summed E-state index contributed by atoms with van der Waals surface area (Å²) in [5.41, 5.74) is 1.54. The highest BCUT2D eigenvalue weighted by Gasteiger charge is 2.31. The number of halogens is 4. The molecule has 1 heterocycles. The smallest absolute Gasteiger partial charge is 0.416 e. The van der Waals surface area contributed by atoms with Crippen LogP contribution < -0.4 is 24.4 Å². The van der Waals surface area contributed by atoms with Crippen molar-refractivity contribution in [3.05, 3.63) is 119 Å². The quantitative estimate of drug-likeness (QED) is 0.145. The second-order valence-electron chi connectivity index (χ2n) is 10.1. The van der Waals surface area contributed by atoms with Gasteiger partial charge in [0.1, 0.15) is 23.1 Å². The van der Waals surface area contributed by atoms with Crippen molar-refractivity contribution in [2.24, 2.45) is 0 Å². The van der Waals surface area contributed by atoms with Crippen LogP contribution in [0.2, 0.25) is 0 Å². The zero-order chi connectivity index (χ0) is 32.0.